The monoisotopic (exact) mass is 418 g/mol. The molecule has 3 N–H and O–H groups in total. The standard InChI is InChI=1S/C20H26N6O2.ClH/c27-20(17-14-12-21-10-9-15(14)23-24-17)26-11-5-4-8-16(26)19-22-18(25-28-19)13-6-2-1-3-7-13;/h1-3,6-7,14-17,21,23-24H,4-5,8-12H2;1H. The number of fused-ring (bicyclic) bond motifs is 1. The van der Waals surface area contributed by atoms with Gasteiger partial charge >= 0.3 is 0 Å². The molecule has 156 valence electrons. The summed E-state index contributed by atoms with van der Waals surface area (Å²) in [7, 11) is 0. The summed E-state index contributed by atoms with van der Waals surface area (Å²) in [6.07, 6.45) is 3.96. The quantitative estimate of drug-likeness (QED) is 0.697. The van der Waals surface area contributed by atoms with Crippen molar-refractivity contribution in [3.05, 3.63) is 36.2 Å². The smallest absolute Gasteiger partial charge is 0.249 e. The second-order valence-corrected chi connectivity index (χ2v) is 7.89. The molecule has 4 heterocycles. The average Bonchev–Trinajstić information content (AvgIpc) is 3.41. The molecule has 5 rings (SSSR count). The lowest BCUT2D eigenvalue weighted by Crippen LogP contribution is -2.52. The van der Waals surface area contributed by atoms with E-state index < -0.39 is 0 Å². The number of amides is 1. The van der Waals surface area contributed by atoms with E-state index in [1.165, 1.54) is 0 Å². The van der Waals surface area contributed by atoms with Crippen molar-refractivity contribution >= 4 is 18.3 Å². The van der Waals surface area contributed by atoms with Crippen LogP contribution in [-0.2, 0) is 4.79 Å². The van der Waals surface area contributed by atoms with Gasteiger partial charge in [0.1, 0.15) is 12.1 Å². The van der Waals surface area contributed by atoms with Crippen LogP contribution in [0.4, 0.5) is 0 Å². The van der Waals surface area contributed by atoms with Crippen LogP contribution in [-0.4, -0.2) is 52.7 Å². The number of hydrogen-bond donors (Lipinski definition) is 3. The fourth-order valence-electron chi connectivity index (χ4n) is 4.67. The Hall–Kier alpha value is -2.00. The van der Waals surface area contributed by atoms with E-state index >= 15 is 0 Å². The Balaban J connectivity index is 0.00000205. The lowest BCUT2D eigenvalue weighted by Gasteiger charge is -2.37. The number of nitrogens with zero attached hydrogens (tertiary/aromatic N) is 3. The first-order valence-corrected chi connectivity index (χ1v) is 10.2. The molecule has 4 unspecified atom stereocenters. The van der Waals surface area contributed by atoms with Crippen LogP contribution in [0.1, 0.15) is 37.6 Å². The Kier molecular flexibility index (Phi) is 6.15. The molecule has 1 aromatic carbocycles. The first kappa shape index (κ1) is 20.3. The van der Waals surface area contributed by atoms with Crippen LogP contribution < -0.4 is 16.2 Å². The maximum atomic E-state index is 13.4. The van der Waals surface area contributed by atoms with Gasteiger partial charge in [-0.3, -0.25) is 10.2 Å². The minimum atomic E-state index is -0.213. The molecule has 1 aromatic heterocycles. The molecule has 8 nitrogen and oxygen atoms in total. The molecule has 0 spiro atoms. The minimum absolute atomic E-state index is 0. The fraction of sp³-hybridized carbons (Fsp3) is 0.550. The molecule has 0 saturated carbocycles. The summed E-state index contributed by atoms with van der Waals surface area (Å²) >= 11 is 0. The maximum absolute atomic E-state index is 13.4. The third kappa shape index (κ3) is 3.90. The number of hydrogen-bond acceptors (Lipinski definition) is 7. The van der Waals surface area contributed by atoms with Gasteiger partial charge in [0.2, 0.25) is 17.6 Å². The second-order valence-electron chi connectivity index (χ2n) is 7.89. The highest BCUT2D eigenvalue weighted by molar-refractivity contribution is 5.85. The molecule has 0 radical (unpaired) electrons. The van der Waals surface area contributed by atoms with E-state index in [-0.39, 0.29) is 36.3 Å². The third-order valence-electron chi connectivity index (χ3n) is 6.19. The summed E-state index contributed by atoms with van der Waals surface area (Å²) in [4.78, 5) is 20.0. The van der Waals surface area contributed by atoms with Crippen LogP contribution in [0, 0.1) is 5.92 Å². The van der Waals surface area contributed by atoms with Crippen molar-refractivity contribution in [2.45, 2.75) is 43.8 Å². The number of likely N-dealkylation sites (tertiary alicyclic amines) is 1. The van der Waals surface area contributed by atoms with E-state index in [9.17, 15) is 4.79 Å². The average molecular weight is 419 g/mol. The van der Waals surface area contributed by atoms with E-state index in [4.69, 9.17) is 4.52 Å². The van der Waals surface area contributed by atoms with Crippen molar-refractivity contribution in [2.75, 3.05) is 19.6 Å². The predicted octanol–water partition coefficient (Wildman–Crippen LogP) is 1.67. The van der Waals surface area contributed by atoms with Gasteiger partial charge in [-0.1, -0.05) is 35.5 Å². The number of nitrogens with one attached hydrogen (secondary N) is 3. The van der Waals surface area contributed by atoms with Crippen molar-refractivity contribution in [1.82, 2.24) is 31.2 Å². The molecule has 3 saturated heterocycles. The minimum Gasteiger partial charge on any atom is -0.337 e. The molecular formula is C20H27ClN6O2. The number of hydrazine groups is 1. The first-order chi connectivity index (χ1) is 13.8. The number of aromatic nitrogens is 2. The summed E-state index contributed by atoms with van der Waals surface area (Å²) in [5, 5.41) is 7.57. The number of piperidine rings is 2. The van der Waals surface area contributed by atoms with Gasteiger partial charge in [-0.25, -0.2) is 5.43 Å². The van der Waals surface area contributed by atoms with Crippen LogP contribution in [0.15, 0.2) is 34.9 Å². The van der Waals surface area contributed by atoms with E-state index in [2.05, 4.69) is 26.3 Å². The normalized spacial score (nSPS) is 29.2. The Labute approximate surface area is 176 Å². The highest BCUT2D eigenvalue weighted by atomic mass is 35.5. The molecule has 29 heavy (non-hydrogen) atoms. The van der Waals surface area contributed by atoms with Crippen LogP contribution in [0.25, 0.3) is 11.4 Å². The van der Waals surface area contributed by atoms with Gasteiger partial charge < -0.3 is 14.7 Å². The number of halogens is 1. The van der Waals surface area contributed by atoms with Gasteiger partial charge in [0, 0.05) is 30.6 Å². The van der Waals surface area contributed by atoms with Crippen LogP contribution in [0.2, 0.25) is 0 Å². The molecule has 2 aromatic rings. The summed E-state index contributed by atoms with van der Waals surface area (Å²) in [5.41, 5.74) is 7.49. The summed E-state index contributed by atoms with van der Waals surface area (Å²) in [5.74, 6) is 1.52. The number of benzene rings is 1. The number of rotatable bonds is 3. The number of carbonyl (C=O) groups excluding carboxylic acids is 1. The highest BCUT2D eigenvalue weighted by Crippen LogP contribution is 2.33. The van der Waals surface area contributed by atoms with Gasteiger partial charge in [0.15, 0.2) is 0 Å². The van der Waals surface area contributed by atoms with Crippen molar-refractivity contribution in [2.24, 2.45) is 5.92 Å². The zero-order chi connectivity index (χ0) is 18.9. The van der Waals surface area contributed by atoms with Crippen LogP contribution in [0.5, 0.6) is 0 Å². The molecule has 9 heteroatoms. The van der Waals surface area contributed by atoms with E-state index in [0.29, 0.717) is 17.8 Å². The van der Waals surface area contributed by atoms with Crippen LogP contribution >= 0.6 is 12.4 Å². The zero-order valence-electron chi connectivity index (χ0n) is 16.2. The Morgan fingerprint density at radius 1 is 1.14 bits per heavy atom. The molecule has 0 bridgehead atoms. The SMILES string of the molecule is Cl.O=C(C1NNC2CCNCC21)N1CCCCC1c1nc(-c2ccccc2)no1. The molecular weight excluding hydrogens is 392 g/mol. The largest absolute Gasteiger partial charge is 0.337 e. The van der Waals surface area contributed by atoms with Gasteiger partial charge in [0.25, 0.3) is 0 Å². The molecule has 1 amide bonds. The van der Waals surface area contributed by atoms with E-state index in [1.807, 2.05) is 35.2 Å². The first-order valence-electron chi connectivity index (χ1n) is 10.2. The van der Waals surface area contributed by atoms with E-state index in [0.717, 1.165) is 50.9 Å². The molecule has 0 aliphatic carbocycles. The summed E-state index contributed by atoms with van der Waals surface area (Å²) in [6.45, 7) is 2.58. The second kappa shape index (κ2) is 8.79. The summed E-state index contributed by atoms with van der Waals surface area (Å²) in [6, 6.07) is 9.78. The zero-order valence-corrected chi connectivity index (χ0v) is 17.0. The fourth-order valence-corrected chi connectivity index (χ4v) is 4.67. The molecule has 3 fully saturated rings. The molecule has 3 aliphatic rings. The lowest BCUT2D eigenvalue weighted by molar-refractivity contribution is -0.138. The van der Waals surface area contributed by atoms with E-state index in [1.54, 1.807) is 0 Å². The Bertz CT molecular complexity index is 831. The third-order valence-corrected chi connectivity index (χ3v) is 6.19. The maximum Gasteiger partial charge on any atom is 0.249 e. The van der Waals surface area contributed by atoms with Crippen molar-refractivity contribution in [3.8, 4) is 11.4 Å². The van der Waals surface area contributed by atoms with Gasteiger partial charge in [-0.2, -0.15) is 4.98 Å². The van der Waals surface area contributed by atoms with Crippen molar-refractivity contribution in [1.29, 1.82) is 0 Å². The van der Waals surface area contributed by atoms with Crippen molar-refractivity contribution < 1.29 is 9.32 Å². The van der Waals surface area contributed by atoms with Crippen LogP contribution in [0.3, 0.4) is 0 Å². The van der Waals surface area contributed by atoms with Crippen molar-refractivity contribution in [3.63, 3.8) is 0 Å². The molecule has 4 atom stereocenters. The Morgan fingerprint density at radius 3 is 2.86 bits per heavy atom. The van der Waals surface area contributed by atoms with Gasteiger partial charge in [0.05, 0.1) is 0 Å². The molecule has 3 aliphatic heterocycles. The Morgan fingerprint density at radius 2 is 2.00 bits per heavy atom. The van der Waals surface area contributed by atoms with Gasteiger partial charge in [-0.15, -0.1) is 12.4 Å². The lowest BCUT2D eigenvalue weighted by atomic mass is 9.88. The topological polar surface area (TPSA) is 95.3 Å². The van der Waals surface area contributed by atoms with Gasteiger partial charge in [-0.05, 0) is 32.2 Å². The highest BCUT2D eigenvalue weighted by Gasteiger charge is 2.45. The summed E-state index contributed by atoms with van der Waals surface area (Å²) < 4.78 is 5.60. The number of carbonyl (C=O) groups is 1. The predicted molar refractivity (Wildman–Crippen MR) is 110 cm³/mol.